The van der Waals surface area contributed by atoms with Gasteiger partial charge in [-0.15, -0.1) is 13.2 Å². The first-order valence-electron chi connectivity index (χ1n) is 5.18. The number of halogens is 3. The van der Waals surface area contributed by atoms with Crippen molar-refractivity contribution in [3.8, 4) is 5.75 Å². The molecule has 4 nitrogen and oxygen atoms in total. The number of carbonyl (C=O) groups is 1. The third-order valence-corrected chi connectivity index (χ3v) is 2.36. The molecule has 0 aromatic heterocycles. The Bertz CT molecular complexity index is 437. The molecule has 0 radical (unpaired) electrons. The van der Waals surface area contributed by atoms with Crippen molar-refractivity contribution in [3.63, 3.8) is 0 Å². The average molecular weight is 261 g/mol. The number of ether oxygens (including phenoxy) is 2. The molecule has 1 heterocycles. The van der Waals surface area contributed by atoms with Crippen molar-refractivity contribution in [3.05, 3.63) is 29.8 Å². The maximum Gasteiger partial charge on any atom is 0.573 e. The number of alkyl halides is 3. The molecule has 7 heteroatoms. The minimum Gasteiger partial charge on any atom is -0.406 e. The van der Waals surface area contributed by atoms with Gasteiger partial charge >= 0.3 is 6.36 Å². The maximum atomic E-state index is 12.1. The van der Waals surface area contributed by atoms with Gasteiger partial charge in [0.15, 0.2) is 0 Å². The zero-order valence-electron chi connectivity index (χ0n) is 9.16. The minimum atomic E-state index is -4.72. The molecular weight excluding hydrogens is 251 g/mol. The highest BCUT2D eigenvalue weighted by Gasteiger charge is 2.31. The Kier molecular flexibility index (Phi) is 3.42. The average Bonchev–Trinajstić information content (AvgIpc) is 2.28. The number of nitrogens with one attached hydrogen (secondary N) is 1. The van der Waals surface area contributed by atoms with E-state index in [1.807, 2.05) is 0 Å². The lowest BCUT2D eigenvalue weighted by atomic mass is 10.1. The van der Waals surface area contributed by atoms with Gasteiger partial charge in [0.2, 0.25) is 5.91 Å². The normalized spacial score (nSPS) is 20.4. The van der Waals surface area contributed by atoms with Crippen LogP contribution in [0.3, 0.4) is 0 Å². The summed E-state index contributed by atoms with van der Waals surface area (Å²) in [6.07, 6.45) is -5.18. The summed E-state index contributed by atoms with van der Waals surface area (Å²) in [4.78, 5) is 10.9. The molecule has 0 saturated carbocycles. The zero-order chi connectivity index (χ0) is 13.2. The van der Waals surface area contributed by atoms with Crippen LogP contribution in [0.5, 0.6) is 5.75 Å². The molecule has 0 aliphatic carbocycles. The number of hydrogen-bond acceptors (Lipinski definition) is 3. The second-order valence-electron chi connectivity index (χ2n) is 3.72. The van der Waals surface area contributed by atoms with E-state index in [1.165, 1.54) is 18.2 Å². The standard InChI is InChI=1S/C11H10F3NO3/c12-11(13,14)18-8-3-1-2-7(4-8)9-5-15-10(16)6-17-9/h1-4,9H,5-6H2,(H,15,16)/t9-/m1/s1. The summed E-state index contributed by atoms with van der Waals surface area (Å²) >= 11 is 0. The minimum absolute atomic E-state index is 0.102. The van der Waals surface area contributed by atoms with Gasteiger partial charge in [-0.1, -0.05) is 12.1 Å². The molecule has 1 aromatic rings. The maximum absolute atomic E-state index is 12.1. The van der Waals surface area contributed by atoms with Gasteiger partial charge in [0.1, 0.15) is 18.5 Å². The molecular formula is C11H10F3NO3. The van der Waals surface area contributed by atoms with Crippen LogP contribution < -0.4 is 10.1 Å². The molecule has 98 valence electrons. The van der Waals surface area contributed by atoms with Gasteiger partial charge in [0.25, 0.3) is 0 Å². The van der Waals surface area contributed by atoms with Crippen molar-refractivity contribution < 1.29 is 27.4 Å². The van der Waals surface area contributed by atoms with Crippen LogP contribution in [0.2, 0.25) is 0 Å². The Morgan fingerprint density at radius 1 is 1.39 bits per heavy atom. The molecule has 0 spiro atoms. The molecule has 1 aliphatic heterocycles. The van der Waals surface area contributed by atoms with Gasteiger partial charge in [-0.05, 0) is 17.7 Å². The number of rotatable bonds is 2. The molecule has 2 rings (SSSR count). The Labute approximate surface area is 101 Å². The number of amides is 1. The Balaban J connectivity index is 2.09. The Morgan fingerprint density at radius 3 is 2.78 bits per heavy atom. The molecule has 1 aromatic carbocycles. The van der Waals surface area contributed by atoms with Gasteiger partial charge in [-0.25, -0.2) is 0 Å². The predicted molar refractivity (Wildman–Crippen MR) is 54.8 cm³/mol. The predicted octanol–water partition coefficient (Wildman–Crippen LogP) is 1.77. The SMILES string of the molecule is O=C1CO[C@@H](c2cccc(OC(F)(F)F)c2)CN1. The molecule has 1 saturated heterocycles. The topological polar surface area (TPSA) is 47.6 Å². The smallest absolute Gasteiger partial charge is 0.406 e. The first kappa shape index (κ1) is 12.7. The highest BCUT2D eigenvalue weighted by molar-refractivity contribution is 5.77. The fraction of sp³-hybridized carbons (Fsp3) is 0.364. The van der Waals surface area contributed by atoms with Crippen LogP contribution >= 0.6 is 0 Å². The van der Waals surface area contributed by atoms with Crippen LogP contribution in [0, 0.1) is 0 Å². The second kappa shape index (κ2) is 4.85. The summed E-state index contributed by atoms with van der Waals surface area (Å²) in [5, 5.41) is 2.57. The van der Waals surface area contributed by atoms with E-state index in [1.54, 1.807) is 6.07 Å². The lowest BCUT2D eigenvalue weighted by Gasteiger charge is -2.23. The largest absolute Gasteiger partial charge is 0.573 e. The first-order valence-corrected chi connectivity index (χ1v) is 5.18. The molecule has 1 fully saturated rings. The summed E-state index contributed by atoms with van der Waals surface area (Å²) in [5.41, 5.74) is 0.525. The van der Waals surface area contributed by atoms with E-state index < -0.39 is 12.5 Å². The van der Waals surface area contributed by atoms with E-state index in [0.717, 1.165) is 0 Å². The lowest BCUT2D eigenvalue weighted by Crippen LogP contribution is -2.38. The Morgan fingerprint density at radius 2 is 2.17 bits per heavy atom. The van der Waals surface area contributed by atoms with Crippen molar-refractivity contribution in [1.29, 1.82) is 0 Å². The second-order valence-corrected chi connectivity index (χ2v) is 3.72. The van der Waals surface area contributed by atoms with Crippen molar-refractivity contribution in [1.82, 2.24) is 5.32 Å². The molecule has 1 atom stereocenters. The number of benzene rings is 1. The van der Waals surface area contributed by atoms with E-state index in [2.05, 4.69) is 10.1 Å². The zero-order valence-corrected chi connectivity index (χ0v) is 9.16. The summed E-state index contributed by atoms with van der Waals surface area (Å²) < 4.78 is 45.2. The van der Waals surface area contributed by atoms with Crippen LogP contribution in [0.4, 0.5) is 13.2 Å². The molecule has 18 heavy (non-hydrogen) atoms. The summed E-state index contributed by atoms with van der Waals surface area (Å²) in [7, 11) is 0. The number of morpholine rings is 1. The van der Waals surface area contributed by atoms with Crippen molar-refractivity contribution in [2.45, 2.75) is 12.5 Å². The van der Waals surface area contributed by atoms with Crippen LogP contribution in [0.25, 0.3) is 0 Å². The molecule has 1 N–H and O–H groups in total. The van der Waals surface area contributed by atoms with E-state index >= 15 is 0 Å². The van der Waals surface area contributed by atoms with E-state index in [-0.39, 0.29) is 24.8 Å². The van der Waals surface area contributed by atoms with E-state index in [4.69, 9.17) is 4.74 Å². The Hall–Kier alpha value is -1.76. The van der Waals surface area contributed by atoms with Gasteiger partial charge < -0.3 is 14.8 Å². The molecule has 0 unspecified atom stereocenters. The van der Waals surface area contributed by atoms with Gasteiger partial charge in [0, 0.05) is 6.54 Å². The first-order chi connectivity index (χ1) is 8.44. The van der Waals surface area contributed by atoms with E-state index in [0.29, 0.717) is 5.56 Å². The van der Waals surface area contributed by atoms with Crippen LogP contribution in [0.15, 0.2) is 24.3 Å². The molecule has 0 bridgehead atoms. The van der Waals surface area contributed by atoms with Crippen molar-refractivity contribution in [2.75, 3.05) is 13.2 Å². The number of carbonyl (C=O) groups excluding carboxylic acids is 1. The third kappa shape index (κ3) is 3.36. The molecule has 1 amide bonds. The van der Waals surface area contributed by atoms with Gasteiger partial charge in [-0.2, -0.15) is 0 Å². The van der Waals surface area contributed by atoms with Crippen molar-refractivity contribution >= 4 is 5.91 Å². The molecule has 1 aliphatic rings. The fourth-order valence-electron chi connectivity index (χ4n) is 1.62. The van der Waals surface area contributed by atoms with Gasteiger partial charge in [-0.3, -0.25) is 4.79 Å². The van der Waals surface area contributed by atoms with Crippen LogP contribution in [-0.2, 0) is 9.53 Å². The summed E-state index contributed by atoms with van der Waals surface area (Å²) in [6, 6.07) is 5.51. The van der Waals surface area contributed by atoms with Crippen LogP contribution in [-0.4, -0.2) is 25.4 Å². The van der Waals surface area contributed by atoms with Crippen molar-refractivity contribution in [2.24, 2.45) is 0 Å². The van der Waals surface area contributed by atoms with Gasteiger partial charge in [0.05, 0.1) is 0 Å². The highest BCUT2D eigenvalue weighted by Crippen LogP contribution is 2.27. The number of hydrogen-bond donors (Lipinski definition) is 1. The summed E-state index contributed by atoms with van der Waals surface area (Å²) in [6.45, 7) is 0.128. The highest BCUT2D eigenvalue weighted by atomic mass is 19.4. The lowest BCUT2D eigenvalue weighted by molar-refractivity contribution is -0.274. The monoisotopic (exact) mass is 261 g/mol. The quantitative estimate of drug-likeness (QED) is 0.882. The summed E-state index contributed by atoms with van der Waals surface area (Å²) in [5.74, 6) is -0.547. The fourth-order valence-corrected chi connectivity index (χ4v) is 1.62. The van der Waals surface area contributed by atoms with Crippen LogP contribution in [0.1, 0.15) is 11.7 Å². The van der Waals surface area contributed by atoms with E-state index in [9.17, 15) is 18.0 Å². The third-order valence-electron chi connectivity index (χ3n) is 2.36.